The van der Waals surface area contributed by atoms with Gasteiger partial charge in [0.1, 0.15) is 0 Å². The number of rotatable bonds is 1. The number of benzene rings is 1. The molecule has 0 saturated carbocycles. The van der Waals surface area contributed by atoms with Gasteiger partial charge in [0.2, 0.25) is 0 Å². The molecule has 1 fully saturated rings. The molecule has 7 heteroatoms. The quantitative estimate of drug-likeness (QED) is 0.565. The Morgan fingerprint density at radius 2 is 2.00 bits per heavy atom. The summed E-state index contributed by atoms with van der Waals surface area (Å²) in [4.78, 5) is 12.8. The summed E-state index contributed by atoms with van der Waals surface area (Å²) in [5.74, 6) is -6.41. The molecule has 2 rings (SSSR count). The molecular weight excluding hydrogens is 330 g/mol. The lowest BCUT2D eigenvalue weighted by Crippen LogP contribution is -2.45. The highest BCUT2D eigenvalue weighted by Gasteiger charge is 2.38. The van der Waals surface area contributed by atoms with E-state index < -0.39 is 35.6 Å². The van der Waals surface area contributed by atoms with E-state index in [0.717, 1.165) is 17.0 Å². The number of nitrogens with zero attached hydrogens (tertiary/aromatic N) is 1. The van der Waals surface area contributed by atoms with E-state index in [4.69, 9.17) is 0 Å². The van der Waals surface area contributed by atoms with Gasteiger partial charge < -0.3 is 4.90 Å². The van der Waals surface area contributed by atoms with Gasteiger partial charge in [0, 0.05) is 17.4 Å². The van der Waals surface area contributed by atoms with E-state index in [9.17, 15) is 22.4 Å². The van der Waals surface area contributed by atoms with Crippen molar-refractivity contribution in [2.24, 2.45) is 0 Å². The van der Waals surface area contributed by atoms with Gasteiger partial charge in [-0.15, -0.1) is 0 Å². The number of hydrogen-bond acceptors (Lipinski definition) is 1. The number of likely N-dealkylation sites (tertiary alicyclic amines) is 1. The highest BCUT2D eigenvalue weighted by atomic mass is 79.9. The minimum atomic E-state index is -2.98. The molecule has 1 heterocycles. The van der Waals surface area contributed by atoms with Crippen LogP contribution in [-0.2, 0) is 0 Å². The fraction of sp³-hybridized carbons (Fsp3) is 0.417. The van der Waals surface area contributed by atoms with E-state index in [-0.39, 0.29) is 23.9 Å². The number of alkyl halides is 2. The first-order valence-electron chi connectivity index (χ1n) is 5.62. The first-order chi connectivity index (χ1) is 8.80. The maximum absolute atomic E-state index is 13.5. The average molecular weight is 340 g/mol. The van der Waals surface area contributed by atoms with Gasteiger partial charge >= 0.3 is 0 Å². The van der Waals surface area contributed by atoms with Crippen LogP contribution < -0.4 is 0 Å². The Morgan fingerprint density at radius 1 is 1.32 bits per heavy atom. The molecule has 1 aliphatic rings. The van der Waals surface area contributed by atoms with Crippen molar-refractivity contribution in [2.45, 2.75) is 18.8 Å². The largest absolute Gasteiger partial charge is 0.333 e. The second kappa shape index (κ2) is 5.11. The van der Waals surface area contributed by atoms with Crippen LogP contribution in [0.5, 0.6) is 0 Å². The van der Waals surface area contributed by atoms with E-state index in [1.807, 2.05) is 0 Å². The van der Waals surface area contributed by atoms with E-state index in [1.165, 1.54) is 0 Å². The van der Waals surface area contributed by atoms with E-state index in [1.54, 1.807) is 0 Å². The van der Waals surface area contributed by atoms with Crippen molar-refractivity contribution in [3.63, 3.8) is 0 Å². The zero-order valence-electron chi connectivity index (χ0n) is 9.73. The summed E-state index contributed by atoms with van der Waals surface area (Å²) < 4.78 is 53.4. The molecule has 1 saturated heterocycles. The number of carbonyl (C=O) groups is 1. The summed E-state index contributed by atoms with van der Waals surface area (Å²) in [5.41, 5.74) is -0.537. The van der Waals surface area contributed by atoms with Crippen LogP contribution in [0, 0.1) is 11.6 Å². The highest BCUT2D eigenvalue weighted by Crippen LogP contribution is 2.28. The second-order valence-electron chi connectivity index (χ2n) is 4.44. The van der Waals surface area contributed by atoms with Crippen LogP contribution in [0.4, 0.5) is 17.6 Å². The molecule has 0 aromatic heterocycles. The SMILES string of the molecule is O=C(c1cc(Br)cc(F)c1F)N1CCCC(F)(F)C1. The van der Waals surface area contributed by atoms with Crippen molar-refractivity contribution in [1.82, 2.24) is 4.90 Å². The van der Waals surface area contributed by atoms with Crippen LogP contribution in [-0.4, -0.2) is 29.8 Å². The third kappa shape index (κ3) is 3.08. The van der Waals surface area contributed by atoms with Gasteiger partial charge in [0.05, 0.1) is 12.1 Å². The fourth-order valence-electron chi connectivity index (χ4n) is 2.02. The van der Waals surface area contributed by atoms with Crippen molar-refractivity contribution >= 4 is 21.8 Å². The Labute approximate surface area is 115 Å². The van der Waals surface area contributed by atoms with Gasteiger partial charge in [-0.05, 0) is 18.6 Å². The predicted octanol–water partition coefficient (Wildman–Crippen LogP) is 3.60. The van der Waals surface area contributed by atoms with Gasteiger partial charge in [-0.3, -0.25) is 4.79 Å². The zero-order chi connectivity index (χ0) is 14.2. The molecule has 0 N–H and O–H groups in total. The molecule has 0 bridgehead atoms. The molecule has 1 aromatic rings. The molecule has 0 aliphatic carbocycles. The summed E-state index contributed by atoms with van der Waals surface area (Å²) in [7, 11) is 0. The first-order valence-corrected chi connectivity index (χ1v) is 6.41. The molecule has 104 valence electrons. The normalized spacial score (nSPS) is 18.5. The minimum Gasteiger partial charge on any atom is -0.333 e. The molecule has 1 amide bonds. The van der Waals surface area contributed by atoms with Gasteiger partial charge in [-0.2, -0.15) is 0 Å². The molecule has 0 radical (unpaired) electrons. The Hall–Kier alpha value is -1.11. The van der Waals surface area contributed by atoms with Gasteiger partial charge in [-0.25, -0.2) is 17.6 Å². The summed E-state index contributed by atoms with van der Waals surface area (Å²) in [5, 5.41) is 0. The lowest BCUT2D eigenvalue weighted by Gasteiger charge is -2.32. The molecular formula is C12H10BrF4NO. The van der Waals surface area contributed by atoms with Crippen LogP contribution in [0.1, 0.15) is 23.2 Å². The van der Waals surface area contributed by atoms with Crippen LogP contribution in [0.3, 0.4) is 0 Å². The molecule has 1 aliphatic heterocycles. The molecule has 0 atom stereocenters. The summed E-state index contributed by atoms with van der Waals surface area (Å²) in [6.07, 6.45) is -0.164. The number of hydrogen-bond donors (Lipinski definition) is 0. The minimum absolute atomic E-state index is 0.113. The van der Waals surface area contributed by atoms with Crippen LogP contribution >= 0.6 is 15.9 Å². The summed E-state index contributed by atoms with van der Waals surface area (Å²) in [6, 6.07) is 1.96. The Kier molecular flexibility index (Phi) is 3.85. The number of halogens is 5. The van der Waals surface area contributed by atoms with Crippen LogP contribution in [0.2, 0.25) is 0 Å². The lowest BCUT2D eigenvalue weighted by molar-refractivity contribution is -0.0561. The van der Waals surface area contributed by atoms with Crippen LogP contribution in [0.25, 0.3) is 0 Å². The third-order valence-corrected chi connectivity index (χ3v) is 3.36. The van der Waals surface area contributed by atoms with Crippen molar-refractivity contribution in [1.29, 1.82) is 0 Å². The van der Waals surface area contributed by atoms with Gasteiger partial charge in [0.15, 0.2) is 11.6 Å². The standard InChI is InChI=1S/C12H10BrF4NO/c13-7-4-8(10(15)9(14)5-7)11(19)18-3-1-2-12(16,17)6-18/h4-5H,1-3,6H2. The smallest absolute Gasteiger partial charge is 0.265 e. The maximum Gasteiger partial charge on any atom is 0.265 e. The van der Waals surface area contributed by atoms with Crippen molar-refractivity contribution in [3.05, 3.63) is 33.8 Å². The Morgan fingerprint density at radius 3 is 2.63 bits per heavy atom. The summed E-state index contributed by atoms with van der Waals surface area (Å²) >= 11 is 2.94. The topological polar surface area (TPSA) is 20.3 Å². The summed E-state index contributed by atoms with van der Waals surface area (Å²) in [6.45, 7) is -0.651. The Bertz CT molecular complexity index is 521. The number of piperidine rings is 1. The Balaban J connectivity index is 2.29. The van der Waals surface area contributed by atoms with Crippen LogP contribution in [0.15, 0.2) is 16.6 Å². The third-order valence-electron chi connectivity index (χ3n) is 2.90. The molecule has 2 nitrogen and oxygen atoms in total. The predicted molar refractivity (Wildman–Crippen MR) is 64.1 cm³/mol. The van der Waals surface area contributed by atoms with E-state index in [2.05, 4.69) is 15.9 Å². The monoisotopic (exact) mass is 339 g/mol. The molecule has 0 unspecified atom stereocenters. The van der Waals surface area contributed by atoms with Crippen molar-refractivity contribution in [3.8, 4) is 0 Å². The number of carbonyl (C=O) groups excluding carboxylic acids is 1. The van der Waals surface area contributed by atoms with E-state index in [0.29, 0.717) is 0 Å². The highest BCUT2D eigenvalue weighted by molar-refractivity contribution is 9.10. The zero-order valence-corrected chi connectivity index (χ0v) is 11.3. The lowest BCUT2D eigenvalue weighted by atomic mass is 10.1. The maximum atomic E-state index is 13.5. The molecule has 19 heavy (non-hydrogen) atoms. The van der Waals surface area contributed by atoms with E-state index >= 15 is 0 Å². The van der Waals surface area contributed by atoms with Crippen molar-refractivity contribution < 1.29 is 22.4 Å². The fourth-order valence-corrected chi connectivity index (χ4v) is 2.45. The molecule has 0 spiro atoms. The van der Waals surface area contributed by atoms with Gasteiger partial charge in [-0.1, -0.05) is 15.9 Å². The second-order valence-corrected chi connectivity index (χ2v) is 5.35. The first kappa shape index (κ1) is 14.3. The van der Waals surface area contributed by atoms with Gasteiger partial charge in [0.25, 0.3) is 11.8 Å². The van der Waals surface area contributed by atoms with Crippen molar-refractivity contribution in [2.75, 3.05) is 13.1 Å². The molecule has 1 aromatic carbocycles. The number of amides is 1. The average Bonchev–Trinajstić information content (AvgIpc) is 2.31.